The van der Waals surface area contributed by atoms with Gasteiger partial charge >= 0.3 is 0 Å². The molecule has 0 aliphatic heterocycles. The third-order valence-corrected chi connectivity index (χ3v) is 2.84. The summed E-state index contributed by atoms with van der Waals surface area (Å²) >= 11 is 0. The molecule has 78 valence electrons. The minimum absolute atomic E-state index is 0.762. The molecule has 0 spiro atoms. The van der Waals surface area contributed by atoms with Crippen molar-refractivity contribution in [2.75, 3.05) is 7.05 Å². The lowest BCUT2D eigenvalue weighted by atomic mass is 10.1. The maximum absolute atomic E-state index is 4.41. The van der Waals surface area contributed by atoms with Crippen molar-refractivity contribution in [1.82, 2.24) is 20.1 Å². The molecule has 1 saturated carbocycles. The molecule has 1 N–H and O–H groups in total. The predicted molar refractivity (Wildman–Crippen MR) is 54.7 cm³/mol. The largest absolute Gasteiger partial charge is 0.313 e. The summed E-state index contributed by atoms with van der Waals surface area (Å²) in [4.78, 5) is 4.24. The van der Waals surface area contributed by atoms with E-state index in [0.717, 1.165) is 24.8 Å². The molecular weight excluding hydrogens is 176 g/mol. The van der Waals surface area contributed by atoms with Crippen molar-refractivity contribution in [1.29, 1.82) is 0 Å². The highest BCUT2D eigenvalue weighted by atomic mass is 15.3. The molecule has 4 nitrogen and oxygen atoms in total. The standard InChI is InChI=1S/C10H18N4/c1-11-6-10-12-8-14(13-10)7-9-4-2-3-5-9/h8-9,11H,2-7H2,1H3. The van der Waals surface area contributed by atoms with Gasteiger partial charge in [0.15, 0.2) is 5.82 Å². The number of aromatic nitrogens is 3. The molecule has 14 heavy (non-hydrogen) atoms. The van der Waals surface area contributed by atoms with Gasteiger partial charge in [-0.15, -0.1) is 0 Å². The lowest BCUT2D eigenvalue weighted by Crippen LogP contribution is -2.10. The van der Waals surface area contributed by atoms with Crippen LogP contribution in [0, 0.1) is 5.92 Å². The molecule has 1 heterocycles. The Kier molecular flexibility index (Phi) is 3.14. The van der Waals surface area contributed by atoms with E-state index < -0.39 is 0 Å². The third kappa shape index (κ3) is 2.32. The van der Waals surface area contributed by atoms with Gasteiger partial charge in [-0.2, -0.15) is 5.10 Å². The molecule has 0 amide bonds. The second kappa shape index (κ2) is 4.55. The van der Waals surface area contributed by atoms with E-state index in [1.54, 1.807) is 0 Å². The Balaban J connectivity index is 1.88. The fraction of sp³-hybridized carbons (Fsp3) is 0.800. The molecule has 0 bridgehead atoms. The topological polar surface area (TPSA) is 42.7 Å². The average molecular weight is 194 g/mol. The Morgan fingerprint density at radius 2 is 2.29 bits per heavy atom. The van der Waals surface area contributed by atoms with E-state index in [4.69, 9.17) is 0 Å². The summed E-state index contributed by atoms with van der Waals surface area (Å²) in [5, 5.41) is 7.46. The van der Waals surface area contributed by atoms with Crippen LogP contribution in [0.15, 0.2) is 6.33 Å². The Labute approximate surface area is 84.7 Å². The summed E-state index contributed by atoms with van der Waals surface area (Å²) < 4.78 is 1.99. The zero-order valence-corrected chi connectivity index (χ0v) is 8.74. The fourth-order valence-corrected chi connectivity index (χ4v) is 2.12. The van der Waals surface area contributed by atoms with Crippen molar-refractivity contribution in [3.63, 3.8) is 0 Å². The Morgan fingerprint density at radius 3 is 3.00 bits per heavy atom. The van der Waals surface area contributed by atoms with Gasteiger partial charge in [-0.05, 0) is 25.8 Å². The normalized spacial score (nSPS) is 17.8. The van der Waals surface area contributed by atoms with Crippen molar-refractivity contribution in [3.8, 4) is 0 Å². The van der Waals surface area contributed by atoms with E-state index in [0.29, 0.717) is 0 Å². The minimum Gasteiger partial charge on any atom is -0.313 e. The molecule has 1 fully saturated rings. The van der Waals surface area contributed by atoms with Gasteiger partial charge in [-0.25, -0.2) is 4.98 Å². The van der Waals surface area contributed by atoms with E-state index in [-0.39, 0.29) is 0 Å². The third-order valence-electron chi connectivity index (χ3n) is 2.84. The summed E-state index contributed by atoms with van der Waals surface area (Å²) in [5.74, 6) is 1.73. The molecule has 2 rings (SSSR count). The van der Waals surface area contributed by atoms with Crippen molar-refractivity contribution >= 4 is 0 Å². The molecule has 0 aromatic carbocycles. The molecule has 1 aromatic rings. The van der Waals surface area contributed by atoms with E-state index >= 15 is 0 Å². The highest BCUT2D eigenvalue weighted by Crippen LogP contribution is 2.25. The number of hydrogen-bond donors (Lipinski definition) is 1. The Hall–Kier alpha value is -0.900. The first-order valence-electron chi connectivity index (χ1n) is 5.41. The van der Waals surface area contributed by atoms with Crippen molar-refractivity contribution in [2.24, 2.45) is 5.92 Å². The van der Waals surface area contributed by atoms with Crippen LogP contribution in [0.5, 0.6) is 0 Å². The van der Waals surface area contributed by atoms with Gasteiger partial charge in [0.2, 0.25) is 0 Å². The number of hydrogen-bond acceptors (Lipinski definition) is 3. The highest BCUT2D eigenvalue weighted by molar-refractivity contribution is 4.81. The zero-order valence-electron chi connectivity index (χ0n) is 8.74. The first-order chi connectivity index (χ1) is 6.88. The molecule has 1 aliphatic rings. The van der Waals surface area contributed by atoms with Gasteiger partial charge in [0.25, 0.3) is 0 Å². The van der Waals surface area contributed by atoms with Crippen LogP contribution in [-0.2, 0) is 13.1 Å². The zero-order chi connectivity index (χ0) is 9.80. The minimum atomic E-state index is 0.762. The van der Waals surface area contributed by atoms with Crippen LogP contribution in [0.2, 0.25) is 0 Å². The van der Waals surface area contributed by atoms with E-state index in [9.17, 15) is 0 Å². The second-order valence-electron chi connectivity index (χ2n) is 4.06. The van der Waals surface area contributed by atoms with Crippen molar-refractivity contribution < 1.29 is 0 Å². The van der Waals surface area contributed by atoms with Crippen LogP contribution in [0.3, 0.4) is 0 Å². The lowest BCUT2D eigenvalue weighted by Gasteiger charge is -2.07. The summed E-state index contributed by atoms with van der Waals surface area (Å²) in [6, 6.07) is 0. The summed E-state index contributed by atoms with van der Waals surface area (Å²) in [7, 11) is 1.91. The SMILES string of the molecule is CNCc1ncn(CC2CCCC2)n1. The summed E-state index contributed by atoms with van der Waals surface area (Å²) in [5.41, 5.74) is 0. The van der Waals surface area contributed by atoms with Gasteiger partial charge in [0, 0.05) is 6.54 Å². The van der Waals surface area contributed by atoms with Crippen LogP contribution < -0.4 is 5.32 Å². The molecule has 0 saturated heterocycles. The maximum atomic E-state index is 4.41. The second-order valence-corrected chi connectivity index (χ2v) is 4.06. The van der Waals surface area contributed by atoms with Gasteiger partial charge in [0.1, 0.15) is 6.33 Å². The van der Waals surface area contributed by atoms with Gasteiger partial charge in [-0.3, -0.25) is 4.68 Å². The fourth-order valence-electron chi connectivity index (χ4n) is 2.12. The van der Waals surface area contributed by atoms with Gasteiger partial charge in [-0.1, -0.05) is 12.8 Å². The molecule has 1 aromatic heterocycles. The van der Waals surface area contributed by atoms with Crippen molar-refractivity contribution in [2.45, 2.75) is 38.8 Å². The van der Waals surface area contributed by atoms with E-state index in [1.165, 1.54) is 25.7 Å². The number of nitrogens with zero attached hydrogens (tertiary/aromatic N) is 3. The summed E-state index contributed by atoms with van der Waals surface area (Å²) in [6.45, 7) is 1.81. The number of rotatable bonds is 4. The number of nitrogens with one attached hydrogen (secondary N) is 1. The van der Waals surface area contributed by atoms with Crippen LogP contribution in [0.25, 0.3) is 0 Å². The van der Waals surface area contributed by atoms with E-state index in [2.05, 4.69) is 15.4 Å². The first-order valence-corrected chi connectivity index (χ1v) is 5.41. The smallest absolute Gasteiger partial charge is 0.164 e. The van der Waals surface area contributed by atoms with Crippen LogP contribution in [0.1, 0.15) is 31.5 Å². The van der Waals surface area contributed by atoms with E-state index in [1.807, 2.05) is 18.1 Å². The molecular formula is C10H18N4. The predicted octanol–water partition coefficient (Wildman–Crippen LogP) is 1.19. The highest BCUT2D eigenvalue weighted by Gasteiger charge is 2.15. The van der Waals surface area contributed by atoms with Crippen molar-refractivity contribution in [3.05, 3.63) is 12.2 Å². The van der Waals surface area contributed by atoms with Crippen LogP contribution in [-0.4, -0.2) is 21.8 Å². The Bertz CT molecular complexity index is 275. The molecule has 0 atom stereocenters. The first kappa shape index (κ1) is 9.65. The maximum Gasteiger partial charge on any atom is 0.164 e. The quantitative estimate of drug-likeness (QED) is 0.783. The lowest BCUT2D eigenvalue weighted by molar-refractivity contribution is 0.426. The Morgan fingerprint density at radius 1 is 1.50 bits per heavy atom. The average Bonchev–Trinajstić information content (AvgIpc) is 2.79. The molecule has 1 aliphatic carbocycles. The summed E-state index contributed by atoms with van der Waals surface area (Å²) in [6.07, 6.45) is 7.36. The van der Waals surface area contributed by atoms with Crippen LogP contribution >= 0.6 is 0 Å². The molecule has 4 heteroatoms. The van der Waals surface area contributed by atoms with Crippen LogP contribution in [0.4, 0.5) is 0 Å². The van der Waals surface area contributed by atoms with Gasteiger partial charge < -0.3 is 5.32 Å². The monoisotopic (exact) mass is 194 g/mol. The van der Waals surface area contributed by atoms with Gasteiger partial charge in [0.05, 0.1) is 6.54 Å². The molecule has 0 unspecified atom stereocenters. The molecule has 0 radical (unpaired) electrons.